The molecule has 2 heterocycles. The summed E-state index contributed by atoms with van der Waals surface area (Å²) in [6.45, 7) is 8.58. The smallest absolute Gasteiger partial charge is 0.0510 e. The SMILES string of the molecule is CC1CCN(C(CN)C2CCOC2)C(C)C1. The summed E-state index contributed by atoms with van der Waals surface area (Å²) < 4.78 is 5.50. The van der Waals surface area contributed by atoms with E-state index in [-0.39, 0.29) is 0 Å². The normalized spacial score (nSPS) is 38.8. The highest BCUT2D eigenvalue weighted by Crippen LogP contribution is 2.28. The van der Waals surface area contributed by atoms with E-state index >= 15 is 0 Å². The molecule has 2 N–H and O–H groups in total. The maximum absolute atomic E-state index is 5.98. The standard InChI is InChI=1S/C13H26N2O/c1-10-3-5-15(11(2)7-10)13(8-14)12-4-6-16-9-12/h10-13H,3-9,14H2,1-2H3. The largest absolute Gasteiger partial charge is 0.381 e. The fourth-order valence-electron chi connectivity index (χ4n) is 3.37. The van der Waals surface area contributed by atoms with E-state index in [1.165, 1.54) is 25.8 Å². The topological polar surface area (TPSA) is 38.5 Å². The van der Waals surface area contributed by atoms with Crippen LogP contribution in [0.4, 0.5) is 0 Å². The van der Waals surface area contributed by atoms with Crippen molar-refractivity contribution in [2.24, 2.45) is 17.6 Å². The number of rotatable bonds is 3. The van der Waals surface area contributed by atoms with Crippen molar-refractivity contribution in [3.8, 4) is 0 Å². The average Bonchev–Trinajstić information content (AvgIpc) is 2.75. The van der Waals surface area contributed by atoms with E-state index in [4.69, 9.17) is 10.5 Å². The van der Waals surface area contributed by atoms with Crippen LogP contribution in [-0.4, -0.2) is 43.3 Å². The molecule has 0 amide bonds. The molecule has 0 aromatic carbocycles. The number of piperidine rings is 1. The molecule has 0 aromatic heterocycles. The molecule has 94 valence electrons. The second-order valence-electron chi connectivity index (χ2n) is 5.64. The second kappa shape index (κ2) is 5.48. The van der Waals surface area contributed by atoms with Crippen LogP contribution < -0.4 is 5.73 Å². The molecule has 0 spiro atoms. The van der Waals surface area contributed by atoms with Crippen LogP contribution in [0, 0.1) is 11.8 Å². The van der Waals surface area contributed by atoms with E-state index in [1.54, 1.807) is 0 Å². The first kappa shape index (κ1) is 12.3. The number of nitrogens with zero attached hydrogens (tertiary/aromatic N) is 1. The first-order valence-corrected chi connectivity index (χ1v) is 6.76. The van der Waals surface area contributed by atoms with Gasteiger partial charge in [0, 0.05) is 31.2 Å². The van der Waals surface area contributed by atoms with Crippen molar-refractivity contribution >= 4 is 0 Å². The van der Waals surface area contributed by atoms with Gasteiger partial charge in [-0.3, -0.25) is 4.90 Å². The van der Waals surface area contributed by atoms with Crippen LogP contribution in [0.25, 0.3) is 0 Å². The summed E-state index contributed by atoms with van der Waals surface area (Å²) in [5, 5.41) is 0. The molecule has 0 aliphatic carbocycles. The molecule has 3 nitrogen and oxygen atoms in total. The Hall–Kier alpha value is -0.120. The fraction of sp³-hybridized carbons (Fsp3) is 1.00. The summed E-state index contributed by atoms with van der Waals surface area (Å²) in [6.07, 6.45) is 3.85. The highest BCUT2D eigenvalue weighted by Gasteiger charge is 2.34. The first-order chi connectivity index (χ1) is 7.72. The summed E-state index contributed by atoms with van der Waals surface area (Å²) in [7, 11) is 0. The van der Waals surface area contributed by atoms with Gasteiger partial charge in [0.15, 0.2) is 0 Å². The van der Waals surface area contributed by atoms with E-state index in [9.17, 15) is 0 Å². The predicted molar refractivity (Wildman–Crippen MR) is 66.3 cm³/mol. The molecule has 2 rings (SSSR count). The van der Waals surface area contributed by atoms with Gasteiger partial charge in [-0.1, -0.05) is 6.92 Å². The zero-order valence-corrected chi connectivity index (χ0v) is 10.7. The van der Waals surface area contributed by atoms with Gasteiger partial charge in [-0.25, -0.2) is 0 Å². The van der Waals surface area contributed by atoms with Gasteiger partial charge in [0.2, 0.25) is 0 Å². The summed E-state index contributed by atoms with van der Waals surface area (Å²) in [4.78, 5) is 2.64. The molecule has 2 aliphatic rings. The predicted octanol–water partition coefficient (Wildman–Crippen LogP) is 1.47. The van der Waals surface area contributed by atoms with Gasteiger partial charge in [0.1, 0.15) is 0 Å². The monoisotopic (exact) mass is 226 g/mol. The van der Waals surface area contributed by atoms with Crippen LogP contribution in [0.2, 0.25) is 0 Å². The highest BCUT2D eigenvalue weighted by molar-refractivity contribution is 4.88. The third-order valence-corrected chi connectivity index (χ3v) is 4.37. The summed E-state index contributed by atoms with van der Waals surface area (Å²) >= 11 is 0. The molecule has 0 radical (unpaired) electrons. The van der Waals surface area contributed by atoms with E-state index in [1.807, 2.05) is 0 Å². The Labute approximate surface area is 99.3 Å². The molecular weight excluding hydrogens is 200 g/mol. The zero-order valence-electron chi connectivity index (χ0n) is 10.7. The lowest BCUT2D eigenvalue weighted by Gasteiger charge is -2.43. The van der Waals surface area contributed by atoms with Gasteiger partial charge < -0.3 is 10.5 Å². The lowest BCUT2D eigenvalue weighted by Crippen LogP contribution is -2.53. The van der Waals surface area contributed by atoms with Crippen molar-refractivity contribution in [1.82, 2.24) is 4.90 Å². The Balaban J connectivity index is 1.97. The van der Waals surface area contributed by atoms with Crippen LogP contribution >= 0.6 is 0 Å². The minimum Gasteiger partial charge on any atom is -0.381 e. The third-order valence-electron chi connectivity index (χ3n) is 4.37. The maximum Gasteiger partial charge on any atom is 0.0510 e. The Bertz CT molecular complexity index is 216. The molecule has 2 aliphatic heterocycles. The van der Waals surface area contributed by atoms with Crippen molar-refractivity contribution in [1.29, 1.82) is 0 Å². The van der Waals surface area contributed by atoms with Crippen molar-refractivity contribution in [3.05, 3.63) is 0 Å². The lowest BCUT2D eigenvalue weighted by atomic mass is 9.88. The number of likely N-dealkylation sites (tertiary alicyclic amines) is 1. The van der Waals surface area contributed by atoms with E-state index in [0.29, 0.717) is 18.0 Å². The number of hydrogen-bond acceptors (Lipinski definition) is 3. The number of ether oxygens (including phenoxy) is 1. The van der Waals surface area contributed by atoms with Crippen molar-refractivity contribution in [3.63, 3.8) is 0 Å². The molecule has 16 heavy (non-hydrogen) atoms. The molecule has 2 fully saturated rings. The van der Waals surface area contributed by atoms with Crippen LogP contribution in [-0.2, 0) is 4.74 Å². The fourth-order valence-corrected chi connectivity index (χ4v) is 3.37. The number of hydrogen-bond donors (Lipinski definition) is 1. The summed E-state index contributed by atoms with van der Waals surface area (Å²) in [6, 6.07) is 1.24. The number of nitrogens with two attached hydrogens (primary N) is 1. The summed E-state index contributed by atoms with van der Waals surface area (Å²) in [5.74, 6) is 1.55. The Morgan fingerprint density at radius 1 is 1.38 bits per heavy atom. The van der Waals surface area contributed by atoms with Crippen molar-refractivity contribution < 1.29 is 4.74 Å². The molecule has 4 atom stereocenters. The van der Waals surface area contributed by atoms with E-state index in [0.717, 1.165) is 25.7 Å². The van der Waals surface area contributed by atoms with Crippen LogP contribution in [0.1, 0.15) is 33.1 Å². The van der Waals surface area contributed by atoms with Gasteiger partial charge in [-0.05, 0) is 38.6 Å². The molecule has 3 heteroatoms. The van der Waals surface area contributed by atoms with Gasteiger partial charge in [0.05, 0.1) is 6.61 Å². The Morgan fingerprint density at radius 3 is 2.75 bits per heavy atom. The first-order valence-electron chi connectivity index (χ1n) is 6.76. The van der Waals surface area contributed by atoms with Gasteiger partial charge in [0.25, 0.3) is 0 Å². The van der Waals surface area contributed by atoms with Crippen LogP contribution in [0.3, 0.4) is 0 Å². The Morgan fingerprint density at radius 2 is 2.19 bits per heavy atom. The molecule has 0 bridgehead atoms. The minimum atomic E-state index is 0.546. The van der Waals surface area contributed by atoms with Crippen molar-refractivity contribution in [2.75, 3.05) is 26.3 Å². The van der Waals surface area contributed by atoms with Gasteiger partial charge >= 0.3 is 0 Å². The summed E-state index contributed by atoms with van der Waals surface area (Å²) in [5.41, 5.74) is 5.98. The van der Waals surface area contributed by atoms with Gasteiger partial charge in [-0.2, -0.15) is 0 Å². The lowest BCUT2D eigenvalue weighted by molar-refractivity contribution is 0.0504. The molecule has 2 saturated heterocycles. The van der Waals surface area contributed by atoms with E-state index < -0.39 is 0 Å². The quantitative estimate of drug-likeness (QED) is 0.792. The molecule has 0 saturated carbocycles. The molecule has 4 unspecified atom stereocenters. The van der Waals surface area contributed by atoms with Crippen LogP contribution in [0.5, 0.6) is 0 Å². The molecular formula is C13H26N2O. The minimum absolute atomic E-state index is 0.546. The van der Waals surface area contributed by atoms with Gasteiger partial charge in [-0.15, -0.1) is 0 Å². The highest BCUT2D eigenvalue weighted by atomic mass is 16.5. The second-order valence-corrected chi connectivity index (χ2v) is 5.64. The zero-order chi connectivity index (χ0) is 11.5. The maximum atomic E-state index is 5.98. The van der Waals surface area contributed by atoms with Crippen LogP contribution in [0.15, 0.2) is 0 Å². The Kier molecular flexibility index (Phi) is 4.22. The van der Waals surface area contributed by atoms with E-state index in [2.05, 4.69) is 18.7 Å². The average molecular weight is 226 g/mol. The third kappa shape index (κ3) is 2.58. The molecule has 0 aromatic rings. The van der Waals surface area contributed by atoms with Crippen molar-refractivity contribution in [2.45, 2.75) is 45.2 Å².